The quantitative estimate of drug-likeness (QED) is 0.461. The summed E-state index contributed by atoms with van der Waals surface area (Å²) in [6.07, 6.45) is 4.99. The van der Waals surface area contributed by atoms with E-state index in [0.717, 1.165) is 42.4 Å². The standard InChI is InChI=1S/C17H21N3O2S/c1-22-15(21)10-3-2-4-11-19-17(23)20-14-9-5-7-13-8-6-12-18-16(13)14/h5-9,12H,2-4,10-11H2,1H3,(H2,19,20,23). The molecule has 0 aliphatic rings. The Labute approximate surface area is 141 Å². The highest BCUT2D eigenvalue weighted by molar-refractivity contribution is 7.80. The van der Waals surface area contributed by atoms with E-state index in [1.165, 1.54) is 7.11 Å². The fourth-order valence-corrected chi connectivity index (χ4v) is 2.46. The molecule has 6 heteroatoms. The van der Waals surface area contributed by atoms with E-state index in [1.54, 1.807) is 6.20 Å². The second-order valence-electron chi connectivity index (χ2n) is 5.15. The Morgan fingerprint density at radius 1 is 1.22 bits per heavy atom. The number of hydrogen-bond donors (Lipinski definition) is 2. The minimum Gasteiger partial charge on any atom is -0.469 e. The number of nitrogens with zero attached hydrogens (tertiary/aromatic N) is 1. The third-order valence-electron chi connectivity index (χ3n) is 3.45. The molecule has 0 saturated heterocycles. The fraction of sp³-hybridized carbons (Fsp3) is 0.353. The highest BCUT2D eigenvalue weighted by Crippen LogP contribution is 2.20. The van der Waals surface area contributed by atoms with Crippen LogP contribution in [0.5, 0.6) is 0 Å². The van der Waals surface area contributed by atoms with Crippen LogP contribution in [-0.2, 0) is 9.53 Å². The molecule has 122 valence electrons. The van der Waals surface area contributed by atoms with Crippen molar-refractivity contribution in [2.24, 2.45) is 0 Å². The Bertz CT molecular complexity index is 670. The van der Waals surface area contributed by atoms with Crippen LogP contribution in [0.15, 0.2) is 36.5 Å². The maximum atomic E-state index is 11.0. The third-order valence-corrected chi connectivity index (χ3v) is 3.70. The molecule has 0 aliphatic carbocycles. The normalized spacial score (nSPS) is 10.3. The van der Waals surface area contributed by atoms with Gasteiger partial charge in [0, 0.05) is 24.5 Å². The molecule has 23 heavy (non-hydrogen) atoms. The largest absolute Gasteiger partial charge is 0.469 e. The van der Waals surface area contributed by atoms with Crippen molar-refractivity contribution in [3.8, 4) is 0 Å². The van der Waals surface area contributed by atoms with Gasteiger partial charge in [-0.1, -0.05) is 24.6 Å². The van der Waals surface area contributed by atoms with E-state index in [1.807, 2.05) is 30.3 Å². The Morgan fingerprint density at radius 3 is 2.87 bits per heavy atom. The zero-order chi connectivity index (χ0) is 16.5. The van der Waals surface area contributed by atoms with Crippen LogP contribution >= 0.6 is 12.2 Å². The van der Waals surface area contributed by atoms with Crippen molar-refractivity contribution in [1.29, 1.82) is 0 Å². The van der Waals surface area contributed by atoms with E-state index < -0.39 is 0 Å². The zero-order valence-corrected chi connectivity index (χ0v) is 14.0. The molecule has 0 amide bonds. The second-order valence-corrected chi connectivity index (χ2v) is 5.56. The number of hydrogen-bond acceptors (Lipinski definition) is 4. The van der Waals surface area contributed by atoms with E-state index in [4.69, 9.17) is 12.2 Å². The summed E-state index contributed by atoms with van der Waals surface area (Å²) >= 11 is 5.31. The number of para-hydroxylation sites is 1. The summed E-state index contributed by atoms with van der Waals surface area (Å²) in [6.45, 7) is 0.769. The predicted octanol–water partition coefficient (Wildman–Crippen LogP) is 3.25. The monoisotopic (exact) mass is 331 g/mol. The first kappa shape index (κ1) is 17.1. The van der Waals surface area contributed by atoms with Crippen LogP contribution in [0.1, 0.15) is 25.7 Å². The lowest BCUT2D eigenvalue weighted by atomic mass is 10.2. The first-order chi connectivity index (χ1) is 11.2. The van der Waals surface area contributed by atoms with Gasteiger partial charge < -0.3 is 15.4 Å². The first-order valence-corrected chi connectivity index (χ1v) is 8.07. The van der Waals surface area contributed by atoms with Crippen LogP contribution in [0.25, 0.3) is 10.9 Å². The van der Waals surface area contributed by atoms with E-state index in [-0.39, 0.29) is 5.97 Å². The Kier molecular flexibility index (Phi) is 6.75. The molecular formula is C17H21N3O2S. The maximum Gasteiger partial charge on any atom is 0.305 e. The van der Waals surface area contributed by atoms with Crippen LogP contribution < -0.4 is 10.6 Å². The molecule has 1 aromatic heterocycles. The van der Waals surface area contributed by atoms with Gasteiger partial charge in [0.05, 0.1) is 18.3 Å². The first-order valence-electron chi connectivity index (χ1n) is 7.66. The Balaban J connectivity index is 1.73. The highest BCUT2D eigenvalue weighted by atomic mass is 32.1. The van der Waals surface area contributed by atoms with Crippen LogP contribution in [-0.4, -0.2) is 29.7 Å². The van der Waals surface area contributed by atoms with Gasteiger partial charge in [0.25, 0.3) is 0 Å². The number of unbranched alkanes of at least 4 members (excludes halogenated alkanes) is 2. The average molecular weight is 331 g/mol. The smallest absolute Gasteiger partial charge is 0.305 e. The SMILES string of the molecule is COC(=O)CCCCCNC(=S)Nc1cccc2cccnc12. The number of ether oxygens (including phenoxy) is 1. The lowest BCUT2D eigenvalue weighted by Gasteiger charge is -2.12. The molecule has 0 unspecified atom stereocenters. The highest BCUT2D eigenvalue weighted by Gasteiger charge is 2.03. The van der Waals surface area contributed by atoms with Crippen molar-refractivity contribution in [2.75, 3.05) is 19.0 Å². The molecule has 1 heterocycles. The molecule has 0 radical (unpaired) electrons. The number of nitrogens with one attached hydrogen (secondary N) is 2. The van der Waals surface area contributed by atoms with Crippen molar-refractivity contribution in [2.45, 2.75) is 25.7 Å². The van der Waals surface area contributed by atoms with Crippen molar-refractivity contribution in [3.63, 3.8) is 0 Å². The molecular weight excluding hydrogens is 310 g/mol. The van der Waals surface area contributed by atoms with Crippen molar-refractivity contribution >= 4 is 39.9 Å². The van der Waals surface area contributed by atoms with Crippen LogP contribution in [0.3, 0.4) is 0 Å². The number of carbonyl (C=O) groups excluding carboxylic acids is 1. The molecule has 0 atom stereocenters. The van der Waals surface area contributed by atoms with Gasteiger partial charge in [-0.3, -0.25) is 9.78 Å². The molecule has 1 aromatic carbocycles. The molecule has 0 fully saturated rings. The summed E-state index contributed by atoms with van der Waals surface area (Å²) in [5.41, 5.74) is 1.79. The van der Waals surface area contributed by atoms with Gasteiger partial charge in [-0.25, -0.2) is 0 Å². The van der Waals surface area contributed by atoms with Gasteiger partial charge in [0.15, 0.2) is 5.11 Å². The molecule has 0 aliphatic heterocycles. The van der Waals surface area contributed by atoms with E-state index in [2.05, 4.69) is 20.4 Å². The number of fused-ring (bicyclic) bond motifs is 1. The van der Waals surface area contributed by atoms with Crippen molar-refractivity contribution in [1.82, 2.24) is 10.3 Å². The van der Waals surface area contributed by atoms with E-state index in [9.17, 15) is 4.79 Å². The number of carbonyl (C=O) groups is 1. The number of methoxy groups -OCH3 is 1. The van der Waals surface area contributed by atoms with E-state index >= 15 is 0 Å². The number of benzene rings is 1. The number of anilines is 1. The van der Waals surface area contributed by atoms with E-state index in [0.29, 0.717) is 11.5 Å². The number of rotatable bonds is 7. The van der Waals surface area contributed by atoms with Crippen LogP contribution in [0.4, 0.5) is 5.69 Å². The minimum absolute atomic E-state index is 0.154. The predicted molar refractivity (Wildman–Crippen MR) is 96.5 cm³/mol. The number of aromatic nitrogens is 1. The minimum atomic E-state index is -0.154. The molecule has 0 spiro atoms. The lowest BCUT2D eigenvalue weighted by molar-refractivity contribution is -0.140. The summed E-state index contributed by atoms with van der Waals surface area (Å²) in [6, 6.07) is 9.88. The number of esters is 1. The van der Waals surface area contributed by atoms with Crippen molar-refractivity contribution in [3.05, 3.63) is 36.5 Å². The molecule has 2 rings (SSSR count). The zero-order valence-electron chi connectivity index (χ0n) is 13.2. The Morgan fingerprint density at radius 2 is 2.04 bits per heavy atom. The van der Waals surface area contributed by atoms with Gasteiger partial charge in [-0.15, -0.1) is 0 Å². The molecule has 2 aromatic rings. The van der Waals surface area contributed by atoms with Gasteiger partial charge in [0.1, 0.15) is 0 Å². The number of pyridine rings is 1. The average Bonchev–Trinajstić information content (AvgIpc) is 2.58. The van der Waals surface area contributed by atoms with Crippen LogP contribution in [0, 0.1) is 0 Å². The summed E-state index contributed by atoms with van der Waals surface area (Å²) in [5, 5.41) is 8.01. The number of thiocarbonyl (C=S) groups is 1. The molecule has 0 saturated carbocycles. The van der Waals surface area contributed by atoms with Gasteiger partial charge >= 0.3 is 5.97 Å². The second kappa shape index (κ2) is 9.05. The summed E-state index contributed by atoms with van der Waals surface area (Å²) in [7, 11) is 1.41. The summed E-state index contributed by atoms with van der Waals surface area (Å²) in [4.78, 5) is 15.4. The van der Waals surface area contributed by atoms with Crippen molar-refractivity contribution < 1.29 is 9.53 Å². The molecule has 2 N–H and O–H groups in total. The topological polar surface area (TPSA) is 63.2 Å². The summed E-state index contributed by atoms with van der Waals surface area (Å²) < 4.78 is 4.61. The lowest BCUT2D eigenvalue weighted by Crippen LogP contribution is -2.29. The van der Waals surface area contributed by atoms with Gasteiger partial charge in [0.2, 0.25) is 0 Å². The van der Waals surface area contributed by atoms with Gasteiger partial charge in [-0.05, 0) is 37.2 Å². The van der Waals surface area contributed by atoms with Gasteiger partial charge in [-0.2, -0.15) is 0 Å². The molecule has 0 bridgehead atoms. The fourth-order valence-electron chi connectivity index (χ4n) is 2.25. The maximum absolute atomic E-state index is 11.0. The van der Waals surface area contributed by atoms with Crippen LogP contribution in [0.2, 0.25) is 0 Å². The third kappa shape index (κ3) is 5.49. The Hall–Kier alpha value is -2.21. The molecule has 5 nitrogen and oxygen atoms in total. The summed E-state index contributed by atoms with van der Waals surface area (Å²) in [5.74, 6) is -0.154.